The molecule has 2 amide bonds. The van der Waals surface area contributed by atoms with Crippen molar-refractivity contribution >= 4 is 29.5 Å². The highest BCUT2D eigenvalue weighted by molar-refractivity contribution is 8.01. The highest BCUT2D eigenvalue weighted by Gasteiger charge is 2.64. The van der Waals surface area contributed by atoms with Gasteiger partial charge in [-0.3, -0.25) is 9.59 Å². The Labute approximate surface area is 144 Å². The summed E-state index contributed by atoms with van der Waals surface area (Å²) in [7, 11) is 0. The zero-order valence-electron chi connectivity index (χ0n) is 13.6. The van der Waals surface area contributed by atoms with Crippen LogP contribution in [0.1, 0.15) is 25.8 Å². The van der Waals surface area contributed by atoms with Crippen LogP contribution >= 0.6 is 11.8 Å². The van der Waals surface area contributed by atoms with Crippen LogP contribution < -0.4 is 5.32 Å². The molecular formula is C17H20N2O4S. The van der Waals surface area contributed by atoms with Gasteiger partial charge < -0.3 is 15.3 Å². The molecule has 2 heterocycles. The maximum atomic E-state index is 12.3. The molecule has 1 unspecified atom stereocenters. The van der Waals surface area contributed by atoms with E-state index in [4.69, 9.17) is 0 Å². The van der Waals surface area contributed by atoms with E-state index in [1.807, 2.05) is 44.2 Å². The maximum Gasteiger partial charge on any atom is 0.327 e. The number of aryl methyl sites for hydroxylation is 1. The average Bonchev–Trinajstić information content (AvgIpc) is 2.80. The number of hydrogen-bond acceptors (Lipinski definition) is 4. The first-order valence-corrected chi connectivity index (χ1v) is 8.75. The summed E-state index contributed by atoms with van der Waals surface area (Å²) in [5.41, 5.74) is 1.07. The van der Waals surface area contributed by atoms with E-state index in [1.54, 1.807) is 0 Å². The number of amides is 2. The molecular weight excluding hydrogens is 328 g/mol. The lowest BCUT2D eigenvalue weighted by atomic mass is 9.96. The second kappa shape index (κ2) is 6.12. The van der Waals surface area contributed by atoms with Crippen molar-refractivity contribution in [1.82, 2.24) is 10.2 Å². The maximum absolute atomic E-state index is 12.3. The number of carbonyl (C=O) groups is 3. The molecule has 2 N–H and O–H groups in total. The van der Waals surface area contributed by atoms with Crippen molar-refractivity contribution in [3.8, 4) is 0 Å². The van der Waals surface area contributed by atoms with Gasteiger partial charge in [0.1, 0.15) is 17.5 Å². The molecule has 128 valence electrons. The molecule has 2 saturated heterocycles. The van der Waals surface area contributed by atoms with Gasteiger partial charge in [0.15, 0.2) is 0 Å². The SMILES string of the molecule is CC1(C)S[C@@H]2C(NC(=O)CCc3ccccc3)C(=O)N2[C@H]1C(=O)O. The van der Waals surface area contributed by atoms with Crippen molar-refractivity contribution in [3.05, 3.63) is 35.9 Å². The highest BCUT2D eigenvalue weighted by atomic mass is 32.2. The molecule has 0 aliphatic carbocycles. The highest BCUT2D eigenvalue weighted by Crippen LogP contribution is 2.50. The quantitative estimate of drug-likeness (QED) is 0.782. The minimum Gasteiger partial charge on any atom is -0.480 e. The van der Waals surface area contributed by atoms with E-state index in [9.17, 15) is 19.5 Å². The molecule has 3 atom stereocenters. The van der Waals surface area contributed by atoms with E-state index in [0.29, 0.717) is 12.8 Å². The van der Waals surface area contributed by atoms with Gasteiger partial charge >= 0.3 is 5.97 Å². The summed E-state index contributed by atoms with van der Waals surface area (Å²) in [6.45, 7) is 3.63. The monoisotopic (exact) mass is 348 g/mol. The van der Waals surface area contributed by atoms with E-state index in [2.05, 4.69) is 5.32 Å². The van der Waals surface area contributed by atoms with Crippen molar-refractivity contribution in [1.29, 1.82) is 0 Å². The lowest BCUT2D eigenvalue weighted by molar-refractivity contribution is -0.161. The fraction of sp³-hybridized carbons (Fsp3) is 0.471. The van der Waals surface area contributed by atoms with Gasteiger partial charge in [-0.2, -0.15) is 0 Å². The van der Waals surface area contributed by atoms with Crippen LogP contribution in [0.4, 0.5) is 0 Å². The van der Waals surface area contributed by atoms with Crippen LogP contribution in [-0.4, -0.2) is 50.0 Å². The van der Waals surface area contributed by atoms with Gasteiger partial charge in [0.25, 0.3) is 0 Å². The fourth-order valence-electron chi connectivity index (χ4n) is 3.29. The van der Waals surface area contributed by atoms with Crippen molar-refractivity contribution in [2.75, 3.05) is 0 Å². The van der Waals surface area contributed by atoms with Gasteiger partial charge in [0, 0.05) is 11.2 Å². The van der Waals surface area contributed by atoms with Crippen LogP contribution in [0.15, 0.2) is 30.3 Å². The Morgan fingerprint density at radius 3 is 2.58 bits per heavy atom. The zero-order valence-corrected chi connectivity index (χ0v) is 14.4. The van der Waals surface area contributed by atoms with Gasteiger partial charge in [-0.25, -0.2) is 4.79 Å². The number of carbonyl (C=O) groups excluding carboxylic acids is 2. The molecule has 1 aromatic carbocycles. The Bertz CT molecular complexity index is 676. The molecule has 2 fully saturated rings. The van der Waals surface area contributed by atoms with Crippen molar-refractivity contribution in [2.24, 2.45) is 0 Å². The van der Waals surface area contributed by atoms with Crippen LogP contribution in [-0.2, 0) is 20.8 Å². The number of aliphatic carboxylic acids is 1. The topological polar surface area (TPSA) is 86.7 Å². The third-order valence-electron chi connectivity index (χ3n) is 4.47. The second-order valence-electron chi connectivity index (χ2n) is 6.63. The molecule has 0 aromatic heterocycles. The molecule has 0 bridgehead atoms. The first-order chi connectivity index (χ1) is 11.3. The predicted molar refractivity (Wildman–Crippen MR) is 90.4 cm³/mol. The van der Waals surface area contributed by atoms with E-state index in [1.165, 1.54) is 16.7 Å². The molecule has 0 saturated carbocycles. The van der Waals surface area contributed by atoms with Gasteiger partial charge in [-0.1, -0.05) is 30.3 Å². The van der Waals surface area contributed by atoms with Crippen molar-refractivity contribution < 1.29 is 19.5 Å². The Balaban J connectivity index is 1.59. The van der Waals surface area contributed by atoms with Gasteiger partial charge in [0.05, 0.1) is 0 Å². The summed E-state index contributed by atoms with van der Waals surface area (Å²) in [4.78, 5) is 37.2. The van der Waals surface area contributed by atoms with Crippen LogP contribution in [0.2, 0.25) is 0 Å². The molecule has 2 aliphatic heterocycles. The predicted octanol–water partition coefficient (Wildman–Crippen LogP) is 1.25. The number of benzene rings is 1. The van der Waals surface area contributed by atoms with Gasteiger partial charge in [0.2, 0.25) is 11.8 Å². The molecule has 0 spiro atoms. The zero-order chi connectivity index (χ0) is 17.5. The smallest absolute Gasteiger partial charge is 0.327 e. The molecule has 7 heteroatoms. The number of fused-ring (bicyclic) bond motifs is 1. The van der Waals surface area contributed by atoms with Gasteiger partial charge in [-0.15, -0.1) is 11.8 Å². The lowest BCUT2D eigenvalue weighted by Crippen LogP contribution is -2.70. The molecule has 1 aromatic rings. The van der Waals surface area contributed by atoms with E-state index < -0.39 is 22.8 Å². The lowest BCUT2D eigenvalue weighted by Gasteiger charge is -2.43. The van der Waals surface area contributed by atoms with Crippen molar-refractivity contribution in [2.45, 2.75) is 48.9 Å². The molecule has 24 heavy (non-hydrogen) atoms. The second-order valence-corrected chi connectivity index (χ2v) is 8.40. The Kier molecular flexibility index (Phi) is 4.29. The number of carboxylic acid groups (broad SMARTS) is 1. The first kappa shape index (κ1) is 16.8. The van der Waals surface area contributed by atoms with E-state index in [0.717, 1.165) is 5.56 Å². The van der Waals surface area contributed by atoms with Crippen LogP contribution in [0.3, 0.4) is 0 Å². The average molecular weight is 348 g/mol. The van der Waals surface area contributed by atoms with Crippen LogP contribution in [0.5, 0.6) is 0 Å². The number of β-lactam (4-membered cyclic amide) rings is 1. The number of carboxylic acids is 1. The van der Waals surface area contributed by atoms with Crippen LogP contribution in [0, 0.1) is 0 Å². The van der Waals surface area contributed by atoms with E-state index >= 15 is 0 Å². The Morgan fingerprint density at radius 1 is 1.29 bits per heavy atom. The minimum absolute atomic E-state index is 0.186. The normalized spacial score (nSPS) is 27.3. The number of nitrogens with zero attached hydrogens (tertiary/aromatic N) is 1. The first-order valence-electron chi connectivity index (χ1n) is 7.87. The summed E-state index contributed by atoms with van der Waals surface area (Å²) in [6, 6.07) is 8.20. The molecule has 2 aliphatic rings. The summed E-state index contributed by atoms with van der Waals surface area (Å²) in [5.74, 6) is -1.50. The number of nitrogens with one attached hydrogen (secondary N) is 1. The Morgan fingerprint density at radius 2 is 1.96 bits per heavy atom. The third kappa shape index (κ3) is 2.88. The summed E-state index contributed by atoms with van der Waals surface area (Å²) in [5, 5.41) is 11.8. The molecule has 0 radical (unpaired) electrons. The molecule has 6 nitrogen and oxygen atoms in total. The van der Waals surface area contributed by atoms with Crippen molar-refractivity contribution in [3.63, 3.8) is 0 Å². The van der Waals surface area contributed by atoms with Gasteiger partial charge in [-0.05, 0) is 25.8 Å². The minimum atomic E-state index is -1.00. The number of rotatable bonds is 5. The molecule has 3 rings (SSSR count). The standard InChI is InChI=1S/C17H20N2O4S/c1-17(2)13(16(22)23)19-14(21)12(15(19)24-17)18-11(20)9-8-10-6-4-3-5-7-10/h3-7,12-13,15H,8-9H2,1-2H3,(H,18,20)(H,22,23)/t12?,13-,15+/m0/s1. The number of hydrogen-bond donors (Lipinski definition) is 2. The summed E-state index contributed by atoms with van der Waals surface area (Å²) in [6.07, 6.45) is 0.912. The largest absolute Gasteiger partial charge is 0.480 e. The third-order valence-corrected chi connectivity index (χ3v) is 6.05. The Hall–Kier alpha value is -2.02. The van der Waals surface area contributed by atoms with Crippen LogP contribution in [0.25, 0.3) is 0 Å². The summed E-state index contributed by atoms with van der Waals surface area (Å²) < 4.78 is -0.574. The fourth-order valence-corrected chi connectivity index (χ4v) is 4.92. The van der Waals surface area contributed by atoms with E-state index in [-0.39, 0.29) is 17.2 Å². The number of thioether (sulfide) groups is 1. The summed E-state index contributed by atoms with van der Waals surface area (Å²) >= 11 is 1.43.